The molecule has 0 bridgehead atoms. The van der Waals surface area contributed by atoms with E-state index < -0.39 is 54.1 Å². The number of nitrogens with zero attached hydrogens (tertiary/aromatic N) is 1. The van der Waals surface area contributed by atoms with Gasteiger partial charge in [-0.1, -0.05) is 0 Å². The fourth-order valence-corrected chi connectivity index (χ4v) is 3.28. The maximum Gasteiger partial charge on any atom is 0.305 e. The maximum absolute atomic E-state index is 12.8. The molecule has 0 aliphatic carbocycles. The fourth-order valence-electron chi connectivity index (χ4n) is 3.28. The van der Waals surface area contributed by atoms with E-state index in [-0.39, 0.29) is 17.7 Å². The highest BCUT2D eigenvalue weighted by molar-refractivity contribution is 6.00. The monoisotopic (exact) mass is 432 g/mol. The minimum atomic E-state index is -1.24. The summed E-state index contributed by atoms with van der Waals surface area (Å²) >= 11 is 0. The van der Waals surface area contributed by atoms with Gasteiger partial charge in [0.25, 0.3) is 5.91 Å². The zero-order valence-corrected chi connectivity index (χ0v) is 16.9. The van der Waals surface area contributed by atoms with Crippen LogP contribution in [-0.2, 0) is 19.2 Å². The average molecular weight is 432 g/mol. The summed E-state index contributed by atoms with van der Waals surface area (Å²) in [6, 6.07) is 2.59. The molecule has 4 amide bonds. The predicted molar refractivity (Wildman–Crippen MR) is 107 cm³/mol. The van der Waals surface area contributed by atoms with Crippen molar-refractivity contribution >= 4 is 35.9 Å². The molecule has 11 heteroatoms. The van der Waals surface area contributed by atoms with Crippen molar-refractivity contribution in [3.63, 3.8) is 0 Å². The Bertz CT molecular complexity index is 884. The van der Waals surface area contributed by atoms with Gasteiger partial charge in [-0.15, -0.1) is 0 Å². The zero-order chi connectivity index (χ0) is 23.1. The Balaban J connectivity index is 2.00. The van der Waals surface area contributed by atoms with Crippen LogP contribution in [0.3, 0.4) is 0 Å². The summed E-state index contributed by atoms with van der Waals surface area (Å²) in [6.45, 7) is 1.76. The van der Waals surface area contributed by atoms with Crippen LogP contribution in [0.4, 0.5) is 0 Å². The smallest absolute Gasteiger partial charge is 0.305 e. The molecular formula is C20H24N4O7. The van der Waals surface area contributed by atoms with Crippen LogP contribution in [-0.4, -0.2) is 70.6 Å². The van der Waals surface area contributed by atoms with Gasteiger partial charge in [0.15, 0.2) is 0 Å². The van der Waals surface area contributed by atoms with Crippen LogP contribution in [0.25, 0.3) is 0 Å². The Morgan fingerprint density at radius 1 is 1.16 bits per heavy atom. The third kappa shape index (κ3) is 6.11. The normalized spacial score (nSPS) is 17.3. The maximum atomic E-state index is 12.8. The summed E-state index contributed by atoms with van der Waals surface area (Å²) in [6.07, 6.45) is 0.672. The van der Waals surface area contributed by atoms with E-state index in [1.807, 2.05) is 0 Å². The minimum Gasteiger partial charge on any atom is -0.481 e. The van der Waals surface area contributed by atoms with Crippen molar-refractivity contribution in [1.29, 1.82) is 0 Å². The average Bonchev–Trinajstić information content (AvgIpc) is 3.22. The van der Waals surface area contributed by atoms with Crippen LogP contribution in [0, 0.1) is 0 Å². The summed E-state index contributed by atoms with van der Waals surface area (Å²) in [5, 5.41) is 13.7. The lowest BCUT2D eigenvalue weighted by molar-refractivity contribution is -0.141. The van der Waals surface area contributed by atoms with E-state index in [9.17, 15) is 28.8 Å². The molecule has 11 nitrogen and oxygen atoms in total. The molecule has 166 valence electrons. The second-order valence-corrected chi connectivity index (χ2v) is 7.18. The standard InChI is InChI=1S/C20H24N4O7/c1-11(22-18(29)13-6-4-12(5-7-13)17(21)28)20(31)24-8-2-3-15(24)19(30)23-14(10-25)9-16(26)27/h4-7,10-11,14-15H,2-3,8-9H2,1H3,(H2,21,28)(H,22,29)(H,23,30)(H,26,27)/t11-,14-,15-/m0/s1. The largest absolute Gasteiger partial charge is 0.481 e. The van der Waals surface area contributed by atoms with Crippen molar-refractivity contribution < 1.29 is 33.9 Å². The number of carboxylic acid groups (broad SMARTS) is 1. The number of primary amides is 1. The van der Waals surface area contributed by atoms with Crippen LogP contribution in [0.2, 0.25) is 0 Å². The van der Waals surface area contributed by atoms with Crippen molar-refractivity contribution in [2.75, 3.05) is 6.54 Å². The van der Waals surface area contributed by atoms with Crippen LogP contribution >= 0.6 is 0 Å². The van der Waals surface area contributed by atoms with Gasteiger partial charge in [-0.05, 0) is 44.0 Å². The quantitative estimate of drug-likeness (QED) is 0.364. The van der Waals surface area contributed by atoms with E-state index in [2.05, 4.69) is 10.6 Å². The molecule has 0 saturated carbocycles. The minimum absolute atomic E-state index is 0.225. The van der Waals surface area contributed by atoms with Gasteiger partial charge in [0.1, 0.15) is 18.4 Å². The van der Waals surface area contributed by atoms with Crippen molar-refractivity contribution in [1.82, 2.24) is 15.5 Å². The van der Waals surface area contributed by atoms with E-state index in [4.69, 9.17) is 10.8 Å². The Hall–Kier alpha value is -3.76. The lowest BCUT2D eigenvalue weighted by Crippen LogP contribution is -2.54. The number of amides is 4. The summed E-state index contributed by atoms with van der Waals surface area (Å²) in [7, 11) is 0. The van der Waals surface area contributed by atoms with Crippen LogP contribution in [0.5, 0.6) is 0 Å². The Morgan fingerprint density at radius 3 is 2.32 bits per heavy atom. The number of benzene rings is 1. The Kier molecular flexibility index (Phi) is 7.83. The molecule has 0 unspecified atom stereocenters. The molecule has 1 fully saturated rings. The molecule has 1 aromatic carbocycles. The molecule has 0 aromatic heterocycles. The fraction of sp³-hybridized carbons (Fsp3) is 0.400. The highest BCUT2D eigenvalue weighted by Crippen LogP contribution is 2.19. The van der Waals surface area contributed by atoms with Gasteiger partial charge in [0, 0.05) is 17.7 Å². The second kappa shape index (κ2) is 10.3. The first-order chi connectivity index (χ1) is 14.6. The Labute approximate surface area is 177 Å². The summed E-state index contributed by atoms with van der Waals surface area (Å²) < 4.78 is 0. The van der Waals surface area contributed by atoms with Gasteiger partial charge in [-0.3, -0.25) is 24.0 Å². The van der Waals surface area contributed by atoms with Crippen molar-refractivity contribution in [3.8, 4) is 0 Å². The summed E-state index contributed by atoms with van der Waals surface area (Å²) in [4.78, 5) is 71.9. The van der Waals surface area contributed by atoms with Gasteiger partial charge in [0.2, 0.25) is 17.7 Å². The highest BCUT2D eigenvalue weighted by atomic mass is 16.4. The van der Waals surface area contributed by atoms with Gasteiger partial charge in [-0.25, -0.2) is 0 Å². The topological polar surface area (TPSA) is 176 Å². The molecule has 1 saturated heterocycles. The number of aldehydes is 1. The summed E-state index contributed by atoms with van der Waals surface area (Å²) in [5.41, 5.74) is 5.62. The third-order valence-corrected chi connectivity index (χ3v) is 4.87. The molecule has 0 radical (unpaired) electrons. The molecule has 1 aromatic rings. The van der Waals surface area contributed by atoms with Gasteiger partial charge < -0.3 is 31.2 Å². The predicted octanol–water partition coefficient (Wildman–Crippen LogP) is -0.947. The number of hydrogen-bond acceptors (Lipinski definition) is 6. The first kappa shape index (κ1) is 23.5. The number of nitrogens with one attached hydrogen (secondary N) is 2. The molecular weight excluding hydrogens is 408 g/mol. The van der Waals surface area contributed by atoms with Crippen LogP contribution in [0.15, 0.2) is 24.3 Å². The number of rotatable bonds is 9. The number of carbonyl (C=O) groups excluding carboxylic acids is 5. The van der Waals surface area contributed by atoms with Gasteiger partial charge >= 0.3 is 5.97 Å². The molecule has 1 aliphatic heterocycles. The Morgan fingerprint density at radius 2 is 1.77 bits per heavy atom. The van der Waals surface area contributed by atoms with Gasteiger partial charge in [0.05, 0.1) is 12.5 Å². The highest BCUT2D eigenvalue weighted by Gasteiger charge is 2.37. The molecule has 0 spiro atoms. The number of likely N-dealkylation sites (tertiary alicyclic amines) is 1. The molecule has 1 heterocycles. The van der Waals surface area contributed by atoms with E-state index >= 15 is 0 Å². The second-order valence-electron chi connectivity index (χ2n) is 7.18. The number of carboxylic acids is 1. The first-order valence-electron chi connectivity index (χ1n) is 9.62. The number of hydrogen-bond donors (Lipinski definition) is 4. The van der Waals surface area contributed by atoms with E-state index in [1.165, 1.54) is 36.1 Å². The molecule has 31 heavy (non-hydrogen) atoms. The van der Waals surface area contributed by atoms with Crippen molar-refractivity contribution in [3.05, 3.63) is 35.4 Å². The first-order valence-corrected chi connectivity index (χ1v) is 9.62. The lowest BCUT2D eigenvalue weighted by Gasteiger charge is -2.27. The van der Waals surface area contributed by atoms with Crippen molar-refractivity contribution in [2.24, 2.45) is 5.73 Å². The molecule has 2 rings (SSSR count). The lowest BCUT2D eigenvalue weighted by atomic mass is 10.1. The third-order valence-electron chi connectivity index (χ3n) is 4.87. The van der Waals surface area contributed by atoms with Gasteiger partial charge in [-0.2, -0.15) is 0 Å². The van der Waals surface area contributed by atoms with E-state index in [0.29, 0.717) is 19.1 Å². The summed E-state index contributed by atoms with van der Waals surface area (Å²) in [5.74, 6) is -3.52. The zero-order valence-electron chi connectivity index (χ0n) is 16.9. The molecule has 1 aliphatic rings. The number of nitrogens with two attached hydrogens (primary N) is 1. The SMILES string of the molecule is C[C@H](NC(=O)c1ccc(C(N)=O)cc1)C(=O)N1CCC[C@H]1C(=O)N[C@H](C=O)CC(=O)O. The van der Waals surface area contributed by atoms with E-state index in [0.717, 1.165) is 0 Å². The van der Waals surface area contributed by atoms with E-state index in [1.54, 1.807) is 0 Å². The number of aliphatic carboxylic acids is 1. The van der Waals surface area contributed by atoms with Crippen molar-refractivity contribution in [2.45, 2.75) is 44.3 Å². The molecule has 3 atom stereocenters. The van der Waals surface area contributed by atoms with Crippen LogP contribution < -0.4 is 16.4 Å². The number of carbonyl (C=O) groups is 6. The van der Waals surface area contributed by atoms with Crippen LogP contribution in [0.1, 0.15) is 46.9 Å². The molecule has 5 N–H and O–H groups in total.